The molecule has 0 saturated carbocycles. The van der Waals surface area contributed by atoms with E-state index >= 15 is 0 Å². The lowest BCUT2D eigenvalue weighted by Crippen LogP contribution is -2.06. The molecule has 3 rings (SSSR count). The van der Waals surface area contributed by atoms with Gasteiger partial charge >= 0.3 is 0 Å². The van der Waals surface area contributed by atoms with Crippen molar-refractivity contribution < 1.29 is 4.74 Å². The zero-order chi connectivity index (χ0) is 13.6. The average molecular weight is 272 g/mol. The van der Waals surface area contributed by atoms with Crippen molar-refractivity contribution >= 4 is 11.6 Å². The highest BCUT2D eigenvalue weighted by molar-refractivity contribution is 6.31. The lowest BCUT2D eigenvalue weighted by Gasteiger charge is -2.14. The monoisotopic (exact) mass is 271 g/mol. The van der Waals surface area contributed by atoms with Crippen molar-refractivity contribution in [3.05, 3.63) is 59.0 Å². The molecule has 97 valence electrons. The lowest BCUT2D eigenvalue weighted by atomic mass is 9.93. The second-order valence-electron chi connectivity index (χ2n) is 5.15. The maximum Gasteiger partial charge on any atom is 0.131 e. The number of benzene rings is 2. The Morgan fingerprint density at radius 2 is 1.89 bits per heavy atom. The van der Waals surface area contributed by atoms with Crippen molar-refractivity contribution in [3.63, 3.8) is 0 Å². The Balaban J connectivity index is 2.27. The van der Waals surface area contributed by atoms with Crippen molar-refractivity contribution in [1.29, 1.82) is 0 Å². The number of hydrogen-bond acceptors (Lipinski definition) is 1. The summed E-state index contributed by atoms with van der Waals surface area (Å²) in [7, 11) is 0. The van der Waals surface area contributed by atoms with Gasteiger partial charge in [-0.05, 0) is 55.2 Å². The van der Waals surface area contributed by atoms with Gasteiger partial charge in [-0.2, -0.15) is 0 Å². The molecule has 0 fully saturated rings. The van der Waals surface area contributed by atoms with Gasteiger partial charge in [0, 0.05) is 17.0 Å². The van der Waals surface area contributed by atoms with Crippen LogP contribution < -0.4 is 4.74 Å². The Bertz CT molecular complexity index is 626. The van der Waals surface area contributed by atoms with Gasteiger partial charge in [-0.3, -0.25) is 0 Å². The van der Waals surface area contributed by atoms with Gasteiger partial charge in [0.25, 0.3) is 0 Å². The Labute approximate surface area is 119 Å². The molecule has 2 aromatic rings. The third kappa shape index (κ3) is 2.12. The van der Waals surface area contributed by atoms with Crippen LogP contribution in [-0.4, -0.2) is 6.10 Å². The molecule has 1 nitrogen and oxygen atoms in total. The maximum absolute atomic E-state index is 6.25. The van der Waals surface area contributed by atoms with Crippen LogP contribution in [0.4, 0.5) is 0 Å². The second kappa shape index (κ2) is 4.57. The third-order valence-corrected chi connectivity index (χ3v) is 3.83. The summed E-state index contributed by atoms with van der Waals surface area (Å²) in [4.78, 5) is 0. The number of halogens is 1. The van der Waals surface area contributed by atoms with Crippen LogP contribution in [0.1, 0.15) is 16.7 Å². The summed E-state index contributed by atoms with van der Waals surface area (Å²) >= 11 is 6.25. The average Bonchev–Trinajstić information content (AvgIpc) is 2.69. The predicted octanol–water partition coefficient (Wildman–Crippen LogP) is 4.76. The van der Waals surface area contributed by atoms with Gasteiger partial charge < -0.3 is 4.74 Å². The Kier molecular flexibility index (Phi) is 3.02. The molecule has 1 heterocycles. The predicted molar refractivity (Wildman–Crippen MR) is 79.8 cm³/mol. The molecule has 2 aromatic carbocycles. The molecule has 1 unspecified atom stereocenters. The van der Waals surface area contributed by atoms with E-state index in [1.54, 1.807) is 0 Å². The minimum atomic E-state index is -0.0171. The normalized spacial score (nSPS) is 17.2. The van der Waals surface area contributed by atoms with E-state index in [4.69, 9.17) is 16.3 Å². The van der Waals surface area contributed by atoms with Crippen molar-refractivity contribution in [3.8, 4) is 16.9 Å². The van der Waals surface area contributed by atoms with E-state index in [-0.39, 0.29) is 6.10 Å². The van der Waals surface area contributed by atoms with Gasteiger partial charge in [0.2, 0.25) is 0 Å². The number of ether oxygens (including phenoxy) is 1. The van der Waals surface area contributed by atoms with E-state index in [2.05, 4.69) is 39.0 Å². The van der Waals surface area contributed by atoms with Crippen LogP contribution in [0.3, 0.4) is 0 Å². The van der Waals surface area contributed by atoms with Crippen molar-refractivity contribution in [2.24, 2.45) is 0 Å². The fourth-order valence-corrected chi connectivity index (χ4v) is 3.06. The molecular weight excluding hydrogens is 256 g/mol. The Morgan fingerprint density at radius 1 is 1.21 bits per heavy atom. The zero-order valence-corrected chi connectivity index (χ0v) is 11.9. The van der Waals surface area contributed by atoms with Crippen LogP contribution in [0.2, 0.25) is 5.02 Å². The Morgan fingerprint density at radius 3 is 2.58 bits per heavy atom. The molecule has 1 atom stereocenters. The molecule has 19 heavy (non-hydrogen) atoms. The molecule has 0 N–H and O–H groups in total. The standard InChI is InChI=1S/C17H16ClO/c1-10-5-4-6-11(2)16(10)15-9-14(18)8-13-7-12(3)19-17(13)15/h4-6,8-9,12H,3,7H2,1-2H3. The summed E-state index contributed by atoms with van der Waals surface area (Å²) in [6, 6.07) is 10.3. The molecule has 0 spiro atoms. The van der Waals surface area contributed by atoms with Crippen LogP contribution >= 0.6 is 11.6 Å². The molecule has 0 amide bonds. The molecule has 0 saturated heterocycles. The summed E-state index contributed by atoms with van der Waals surface area (Å²) in [5.74, 6) is 0.946. The summed E-state index contributed by atoms with van der Waals surface area (Å²) in [5, 5.41) is 0.758. The fourth-order valence-electron chi connectivity index (χ4n) is 2.82. The molecule has 2 heteroatoms. The van der Waals surface area contributed by atoms with E-state index < -0.39 is 0 Å². The number of aryl methyl sites for hydroxylation is 2. The summed E-state index contributed by atoms with van der Waals surface area (Å²) in [6.45, 7) is 8.23. The van der Waals surface area contributed by atoms with Gasteiger partial charge in [0.1, 0.15) is 11.9 Å². The topological polar surface area (TPSA) is 9.23 Å². The third-order valence-electron chi connectivity index (χ3n) is 3.61. The van der Waals surface area contributed by atoms with E-state index in [0.717, 1.165) is 28.3 Å². The maximum atomic E-state index is 6.25. The van der Waals surface area contributed by atoms with Gasteiger partial charge in [-0.25, -0.2) is 0 Å². The van der Waals surface area contributed by atoms with Gasteiger partial charge in [0.15, 0.2) is 0 Å². The van der Waals surface area contributed by atoms with Crippen LogP contribution in [0.5, 0.6) is 5.75 Å². The van der Waals surface area contributed by atoms with Crippen LogP contribution in [0.15, 0.2) is 30.3 Å². The van der Waals surface area contributed by atoms with Gasteiger partial charge in [0.05, 0.1) is 0 Å². The fraction of sp³-hybridized carbons (Fsp3) is 0.235. The zero-order valence-electron chi connectivity index (χ0n) is 11.2. The minimum Gasteiger partial charge on any atom is -0.489 e. The highest BCUT2D eigenvalue weighted by Crippen LogP contribution is 2.42. The van der Waals surface area contributed by atoms with Gasteiger partial charge in [-0.15, -0.1) is 0 Å². The van der Waals surface area contributed by atoms with Crippen LogP contribution in [0.25, 0.3) is 11.1 Å². The number of rotatable bonds is 1. The molecule has 1 radical (unpaired) electrons. The van der Waals surface area contributed by atoms with E-state index in [1.165, 1.54) is 16.7 Å². The first-order chi connectivity index (χ1) is 9.06. The molecule has 1 aliphatic rings. The summed E-state index contributed by atoms with van der Waals surface area (Å²) in [6.07, 6.45) is 0.810. The highest BCUT2D eigenvalue weighted by atomic mass is 35.5. The van der Waals surface area contributed by atoms with Crippen LogP contribution in [-0.2, 0) is 6.42 Å². The first kappa shape index (κ1) is 12.6. The molecule has 1 aliphatic heterocycles. The van der Waals surface area contributed by atoms with E-state index in [9.17, 15) is 0 Å². The molecule has 0 bridgehead atoms. The number of hydrogen-bond donors (Lipinski definition) is 0. The number of fused-ring (bicyclic) bond motifs is 1. The van der Waals surface area contributed by atoms with E-state index in [0.29, 0.717) is 0 Å². The van der Waals surface area contributed by atoms with Crippen molar-refractivity contribution in [2.75, 3.05) is 0 Å². The van der Waals surface area contributed by atoms with Crippen LogP contribution in [0, 0.1) is 20.8 Å². The molecular formula is C17H16ClO. The second-order valence-corrected chi connectivity index (χ2v) is 5.59. The van der Waals surface area contributed by atoms with Gasteiger partial charge in [-0.1, -0.05) is 29.8 Å². The summed E-state index contributed by atoms with van der Waals surface area (Å²) < 4.78 is 5.89. The van der Waals surface area contributed by atoms with E-state index in [1.807, 2.05) is 12.1 Å². The molecule has 0 aromatic heterocycles. The minimum absolute atomic E-state index is 0.0171. The highest BCUT2D eigenvalue weighted by Gasteiger charge is 2.24. The van der Waals surface area contributed by atoms with Crippen molar-refractivity contribution in [1.82, 2.24) is 0 Å². The van der Waals surface area contributed by atoms with Crippen molar-refractivity contribution in [2.45, 2.75) is 26.4 Å². The first-order valence-corrected chi connectivity index (χ1v) is 6.83. The Hall–Kier alpha value is -1.47. The summed E-state index contributed by atoms with van der Waals surface area (Å²) in [5.41, 5.74) is 5.94. The molecule has 0 aliphatic carbocycles. The quantitative estimate of drug-likeness (QED) is 0.726. The largest absolute Gasteiger partial charge is 0.489 e. The lowest BCUT2D eigenvalue weighted by molar-refractivity contribution is 0.282. The SMILES string of the molecule is [CH2]C1Cc2cc(Cl)cc(-c3c(C)cccc3C)c2O1. The smallest absolute Gasteiger partial charge is 0.131 e. The first-order valence-electron chi connectivity index (χ1n) is 6.45.